The van der Waals surface area contributed by atoms with Gasteiger partial charge in [-0.1, -0.05) is 36.4 Å². The van der Waals surface area contributed by atoms with Gasteiger partial charge in [0.2, 0.25) is 0 Å². The van der Waals surface area contributed by atoms with Crippen molar-refractivity contribution in [2.45, 2.75) is 31.8 Å². The number of nitrogens with one attached hydrogen (secondary N) is 1. The van der Waals surface area contributed by atoms with Gasteiger partial charge in [0.1, 0.15) is 19.0 Å². The SMILES string of the molecule is Cc1ncc(C(=O)N2C3CC3C[C@H]2CNC(=O)c2cccc3c2OCCO3)c(-c2ccccc2)n1. The van der Waals surface area contributed by atoms with Crippen molar-refractivity contribution < 1.29 is 19.1 Å². The van der Waals surface area contributed by atoms with E-state index in [9.17, 15) is 9.59 Å². The molecule has 2 aliphatic heterocycles. The third-order valence-electron chi connectivity index (χ3n) is 6.94. The second-order valence-electron chi connectivity index (χ2n) is 9.25. The van der Waals surface area contributed by atoms with Crippen LogP contribution in [0.1, 0.15) is 39.4 Å². The molecule has 0 spiro atoms. The number of hydrogen-bond acceptors (Lipinski definition) is 6. The lowest BCUT2D eigenvalue weighted by atomic mass is 10.0. The first-order valence-corrected chi connectivity index (χ1v) is 12.0. The van der Waals surface area contributed by atoms with Crippen molar-refractivity contribution in [3.63, 3.8) is 0 Å². The molecule has 8 heteroatoms. The Kier molecular flexibility index (Phi) is 5.36. The molecule has 1 saturated heterocycles. The fourth-order valence-corrected chi connectivity index (χ4v) is 5.20. The average molecular weight is 471 g/mol. The smallest absolute Gasteiger partial charge is 0.258 e. The van der Waals surface area contributed by atoms with Crippen LogP contribution >= 0.6 is 0 Å². The van der Waals surface area contributed by atoms with E-state index in [1.54, 1.807) is 24.4 Å². The van der Waals surface area contributed by atoms with Gasteiger partial charge in [-0.25, -0.2) is 9.97 Å². The summed E-state index contributed by atoms with van der Waals surface area (Å²) in [6.07, 6.45) is 3.50. The second-order valence-corrected chi connectivity index (χ2v) is 9.25. The standard InChI is InChI=1S/C27H26N4O4/c1-16-28-15-21(24(30-16)17-6-3-2-4-7-17)27(33)31-19(12-18-13-22(18)31)14-29-26(32)20-8-5-9-23-25(20)35-11-10-34-23/h2-9,15,18-19,22H,10-14H2,1H3,(H,29,32)/t18?,19-,22?/m0/s1. The molecule has 3 heterocycles. The molecule has 8 nitrogen and oxygen atoms in total. The Morgan fingerprint density at radius 1 is 1.03 bits per heavy atom. The van der Waals surface area contributed by atoms with Crippen molar-refractivity contribution in [3.8, 4) is 22.8 Å². The fraction of sp³-hybridized carbons (Fsp3) is 0.333. The molecule has 35 heavy (non-hydrogen) atoms. The molecule has 3 aromatic rings. The van der Waals surface area contributed by atoms with E-state index >= 15 is 0 Å². The van der Waals surface area contributed by atoms with Crippen LogP contribution in [-0.4, -0.2) is 58.5 Å². The number of ether oxygens (including phenoxy) is 2. The number of aryl methyl sites for hydroxylation is 1. The van der Waals surface area contributed by atoms with E-state index in [4.69, 9.17) is 9.47 Å². The number of benzene rings is 2. The molecule has 6 rings (SSSR count). The molecule has 1 aliphatic carbocycles. The summed E-state index contributed by atoms with van der Waals surface area (Å²) in [7, 11) is 0. The predicted octanol–water partition coefficient (Wildman–Crippen LogP) is 3.26. The number of fused-ring (bicyclic) bond motifs is 2. The van der Waals surface area contributed by atoms with E-state index < -0.39 is 0 Å². The lowest BCUT2D eigenvalue weighted by Crippen LogP contribution is -2.45. The number of carbonyl (C=O) groups is 2. The van der Waals surface area contributed by atoms with Gasteiger partial charge in [-0.05, 0) is 37.8 Å². The lowest BCUT2D eigenvalue weighted by molar-refractivity contribution is 0.0688. The van der Waals surface area contributed by atoms with Gasteiger partial charge in [0, 0.05) is 24.3 Å². The lowest BCUT2D eigenvalue weighted by Gasteiger charge is -2.29. The van der Waals surface area contributed by atoms with Crippen molar-refractivity contribution in [3.05, 3.63) is 71.7 Å². The van der Waals surface area contributed by atoms with Gasteiger partial charge >= 0.3 is 0 Å². The summed E-state index contributed by atoms with van der Waals surface area (Å²) in [4.78, 5) is 37.7. The molecule has 2 amide bonds. The van der Waals surface area contributed by atoms with Crippen molar-refractivity contribution >= 4 is 11.8 Å². The van der Waals surface area contributed by atoms with Crippen LogP contribution in [0.2, 0.25) is 0 Å². The van der Waals surface area contributed by atoms with E-state index in [0.29, 0.717) is 59.8 Å². The van der Waals surface area contributed by atoms with Crippen LogP contribution < -0.4 is 14.8 Å². The van der Waals surface area contributed by atoms with Gasteiger partial charge < -0.3 is 19.7 Å². The number of likely N-dealkylation sites (tertiary alicyclic amines) is 1. The number of aromatic nitrogens is 2. The zero-order chi connectivity index (χ0) is 23.9. The van der Waals surface area contributed by atoms with Gasteiger partial charge in [-0.15, -0.1) is 0 Å². The molecule has 3 aliphatic rings. The van der Waals surface area contributed by atoms with E-state index in [2.05, 4.69) is 15.3 Å². The molecule has 178 valence electrons. The maximum atomic E-state index is 13.8. The van der Waals surface area contributed by atoms with Gasteiger partial charge in [0.15, 0.2) is 11.5 Å². The first-order chi connectivity index (χ1) is 17.1. The highest BCUT2D eigenvalue weighted by Crippen LogP contribution is 2.48. The first kappa shape index (κ1) is 21.6. The normalized spacial score (nSPS) is 21.9. The van der Waals surface area contributed by atoms with Crippen molar-refractivity contribution in [1.29, 1.82) is 0 Å². The number of para-hydroxylation sites is 1. The summed E-state index contributed by atoms with van der Waals surface area (Å²) in [6, 6.07) is 15.1. The Hall–Kier alpha value is -3.94. The van der Waals surface area contributed by atoms with E-state index in [1.807, 2.05) is 42.2 Å². The van der Waals surface area contributed by atoms with Gasteiger partial charge in [-0.2, -0.15) is 0 Å². The third-order valence-corrected chi connectivity index (χ3v) is 6.94. The molecular weight excluding hydrogens is 444 g/mol. The van der Waals surface area contributed by atoms with Crippen LogP contribution in [0.4, 0.5) is 0 Å². The van der Waals surface area contributed by atoms with Crippen LogP contribution in [0.25, 0.3) is 11.3 Å². The number of rotatable bonds is 5. The fourth-order valence-electron chi connectivity index (χ4n) is 5.20. The summed E-state index contributed by atoms with van der Waals surface area (Å²) in [5.74, 6) is 1.84. The summed E-state index contributed by atoms with van der Waals surface area (Å²) in [6.45, 7) is 3.07. The maximum Gasteiger partial charge on any atom is 0.258 e. The first-order valence-electron chi connectivity index (χ1n) is 12.0. The molecule has 2 unspecified atom stereocenters. The summed E-state index contributed by atoms with van der Waals surface area (Å²) in [5, 5.41) is 3.02. The molecular formula is C27H26N4O4. The quantitative estimate of drug-likeness (QED) is 0.615. The highest BCUT2D eigenvalue weighted by Gasteiger charge is 2.54. The van der Waals surface area contributed by atoms with E-state index in [-0.39, 0.29) is 23.9 Å². The van der Waals surface area contributed by atoms with E-state index in [1.165, 1.54) is 0 Å². The zero-order valence-electron chi connectivity index (χ0n) is 19.4. The van der Waals surface area contributed by atoms with Crippen molar-refractivity contribution in [2.75, 3.05) is 19.8 Å². The number of amides is 2. The van der Waals surface area contributed by atoms with Gasteiger partial charge in [0.05, 0.1) is 22.9 Å². The van der Waals surface area contributed by atoms with E-state index in [0.717, 1.165) is 18.4 Å². The molecule has 1 N–H and O–H groups in total. The number of hydrogen-bond donors (Lipinski definition) is 1. The summed E-state index contributed by atoms with van der Waals surface area (Å²) in [5.41, 5.74) is 2.46. The number of carbonyl (C=O) groups excluding carboxylic acids is 2. The molecule has 2 aromatic carbocycles. The Morgan fingerprint density at radius 3 is 2.71 bits per heavy atom. The third kappa shape index (κ3) is 3.99. The summed E-state index contributed by atoms with van der Waals surface area (Å²) >= 11 is 0. The molecule has 0 radical (unpaired) electrons. The minimum absolute atomic E-state index is 0.0816. The highest BCUT2D eigenvalue weighted by atomic mass is 16.6. The molecule has 3 atom stereocenters. The van der Waals surface area contributed by atoms with Crippen LogP contribution in [0.5, 0.6) is 11.5 Å². The Morgan fingerprint density at radius 2 is 1.86 bits per heavy atom. The zero-order valence-corrected chi connectivity index (χ0v) is 19.4. The summed E-state index contributed by atoms with van der Waals surface area (Å²) < 4.78 is 11.3. The Bertz CT molecular complexity index is 1300. The van der Waals surface area contributed by atoms with Crippen molar-refractivity contribution in [2.24, 2.45) is 5.92 Å². The van der Waals surface area contributed by atoms with Crippen LogP contribution in [-0.2, 0) is 0 Å². The highest BCUT2D eigenvalue weighted by molar-refractivity contribution is 6.01. The maximum absolute atomic E-state index is 13.8. The van der Waals surface area contributed by atoms with Crippen LogP contribution in [0.3, 0.4) is 0 Å². The minimum Gasteiger partial charge on any atom is -0.486 e. The number of nitrogens with zero attached hydrogens (tertiary/aromatic N) is 3. The molecule has 0 bridgehead atoms. The minimum atomic E-state index is -0.232. The van der Waals surface area contributed by atoms with Crippen LogP contribution in [0, 0.1) is 12.8 Å². The largest absolute Gasteiger partial charge is 0.486 e. The topological polar surface area (TPSA) is 93.7 Å². The second kappa shape index (κ2) is 8.69. The Balaban J connectivity index is 1.22. The molecule has 1 aromatic heterocycles. The van der Waals surface area contributed by atoms with Crippen LogP contribution in [0.15, 0.2) is 54.7 Å². The predicted molar refractivity (Wildman–Crippen MR) is 128 cm³/mol. The molecule has 1 saturated carbocycles. The molecule has 2 fully saturated rings. The monoisotopic (exact) mass is 470 g/mol. The van der Waals surface area contributed by atoms with Gasteiger partial charge in [-0.3, -0.25) is 9.59 Å². The van der Waals surface area contributed by atoms with Crippen molar-refractivity contribution in [1.82, 2.24) is 20.2 Å². The Labute approximate surface area is 203 Å². The average Bonchev–Trinajstić information content (AvgIpc) is 3.56. The van der Waals surface area contributed by atoms with Gasteiger partial charge in [0.25, 0.3) is 11.8 Å². The number of piperidine rings is 1.